The van der Waals surface area contributed by atoms with E-state index < -0.39 is 27.7 Å². The Labute approximate surface area is 202 Å². The quantitative estimate of drug-likeness (QED) is 0.424. The van der Waals surface area contributed by atoms with Crippen LogP contribution in [0.3, 0.4) is 0 Å². The zero-order chi connectivity index (χ0) is 25.7. The molecule has 2 aromatic carbocycles. The number of hydrogen-bond donors (Lipinski definition) is 1. The van der Waals surface area contributed by atoms with Crippen molar-refractivity contribution in [3.05, 3.63) is 59.7 Å². The van der Waals surface area contributed by atoms with E-state index in [0.29, 0.717) is 5.56 Å². The van der Waals surface area contributed by atoms with Gasteiger partial charge in [0, 0.05) is 18.1 Å². The second-order valence-electron chi connectivity index (χ2n) is 9.54. The Bertz CT molecular complexity index is 1120. The van der Waals surface area contributed by atoms with Crippen molar-refractivity contribution in [2.75, 3.05) is 0 Å². The van der Waals surface area contributed by atoms with Crippen LogP contribution >= 0.6 is 0 Å². The molecule has 1 N–H and O–H groups in total. The van der Waals surface area contributed by atoms with Crippen LogP contribution in [-0.2, 0) is 21.4 Å². The molecule has 2 aromatic rings. The van der Waals surface area contributed by atoms with Gasteiger partial charge < -0.3 is 19.1 Å². The molecule has 0 aromatic heterocycles. The predicted octanol–water partition coefficient (Wildman–Crippen LogP) is 4.74. The molecule has 34 heavy (non-hydrogen) atoms. The number of ether oxygens (including phenoxy) is 1. The number of esters is 1. The minimum absolute atomic E-state index is 0.0736. The molecule has 2 amide bonds. The van der Waals surface area contributed by atoms with Gasteiger partial charge >= 0.3 is 22.1 Å². The molecule has 0 saturated carbocycles. The highest BCUT2D eigenvalue weighted by Gasteiger charge is 2.26. The molecule has 0 unspecified atom stereocenters. The summed E-state index contributed by atoms with van der Waals surface area (Å²) in [6.07, 6.45) is -0.403. The van der Waals surface area contributed by atoms with Crippen molar-refractivity contribution in [3.63, 3.8) is 0 Å². The molecule has 0 spiro atoms. The van der Waals surface area contributed by atoms with Crippen molar-refractivity contribution in [1.82, 2.24) is 10.2 Å². The van der Waals surface area contributed by atoms with Crippen molar-refractivity contribution in [2.45, 2.75) is 77.6 Å². The van der Waals surface area contributed by atoms with E-state index in [1.165, 1.54) is 24.3 Å². The van der Waals surface area contributed by atoms with Crippen LogP contribution in [0, 0.1) is 0 Å². The van der Waals surface area contributed by atoms with Gasteiger partial charge in [-0.3, -0.25) is 0 Å². The molecule has 0 heterocycles. The van der Waals surface area contributed by atoms with Crippen LogP contribution in [0.5, 0.6) is 5.75 Å². The first-order valence-corrected chi connectivity index (χ1v) is 12.5. The van der Waals surface area contributed by atoms with Crippen LogP contribution < -0.4 is 9.50 Å². The van der Waals surface area contributed by atoms with Gasteiger partial charge in [0.15, 0.2) is 0 Å². The highest BCUT2D eigenvalue weighted by atomic mass is 32.2. The summed E-state index contributed by atoms with van der Waals surface area (Å²) in [7, 11) is -4.32. The first-order valence-electron chi connectivity index (χ1n) is 11.1. The molecule has 2 rings (SSSR count). The molecule has 186 valence electrons. The lowest BCUT2D eigenvalue weighted by Gasteiger charge is -2.31. The number of carbonyl (C=O) groups is 2. The van der Waals surface area contributed by atoms with E-state index in [1.54, 1.807) is 43.0 Å². The average Bonchev–Trinajstić information content (AvgIpc) is 2.70. The lowest BCUT2D eigenvalue weighted by atomic mass is 10.1. The fourth-order valence-corrected chi connectivity index (χ4v) is 4.19. The third-order valence-electron chi connectivity index (χ3n) is 4.54. The molecular formula is C25H34N2O6S. The molecule has 0 bridgehead atoms. The summed E-state index contributed by atoms with van der Waals surface area (Å²) in [5.74, 6) is -0.673. The van der Waals surface area contributed by atoms with E-state index in [1.807, 2.05) is 34.6 Å². The van der Waals surface area contributed by atoms with E-state index >= 15 is 0 Å². The largest absolute Gasteiger partial charge is 0.459 e. The summed E-state index contributed by atoms with van der Waals surface area (Å²) in [5, 5.41) is 2.94. The minimum atomic E-state index is -4.32. The number of nitrogens with one attached hydrogen (secondary N) is 1. The molecule has 0 aliphatic carbocycles. The predicted molar refractivity (Wildman–Crippen MR) is 130 cm³/mol. The second-order valence-corrected chi connectivity index (χ2v) is 11.1. The first-order chi connectivity index (χ1) is 15.7. The molecule has 0 aliphatic heterocycles. The monoisotopic (exact) mass is 490 g/mol. The fraction of sp³-hybridized carbons (Fsp3) is 0.440. The van der Waals surface area contributed by atoms with Gasteiger partial charge in [0.05, 0.1) is 11.7 Å². The highest BCUT2D eigenvalue weighted by Crippen LogP contribution is 2.24. The van der Waals surface area contributed by atoms with Crippen molar-refractivity contribution >= 4 is 22.1 Å². The van der Waals surface area contributed by atoms with E-state index in [9.17, 15) is 18.0 Å². The summed E-state index contributed by atoms with van der Waals surface area (Å²) in [6.45, 7) is 13.1. The average molecular weight is 491 g/mol. The highest BCUT2D eigenvalue weighted by molar-refractivity contribution is 7.87. The van der Waals surface area contributed by atoms with Gasteiger partial charge in [-0.05, 0) is 78.3 Å². The van der Waals surface area contributed by atoms with Gasteiger partial charge in [0.1, 0.15) is 10.6 Å². The third kappa shape index (κ3) is 7.76. The molecule has 0 fully saturated rings. The molecule has 8 nitrogen and oxygen atoms in total. The number of amides is 2. The molecular weight excluding hydrogens is 456 g/mol. The maximum Gasteiger partial charge on any atom is 0.340 e. The van der Waals surface area contributed by atoms with E-state index in [2.05, 4.69) is 5.32 Å². The van der Waals surface area contributed by atoms with Gasteiger partial charge in [-0.15, -0.1) is 0 Å². The van der Waals surface area contributed by atoms with E-state index in [0.717, 1.165) is 0 Å². The van der Waals surface area contributed by atoms with Crippen LogP contribution in [-0.4, -0.2) is 43.0 Å². The Morgan fingerprint density at radius 3 is 2.24 bits per heavy atom. The number of carbonyl (C=O) groups excluding carboxylic acids is 2. The first kappa shape index (κ1) is 27.2. The Morgan fingerprint density at radius 2 is 1.65 bits per heavy atom. The number of rotatable bonds is 8. The molecule has 0 saturated heterocycles. The Balaban J connectivity index is 2.28. The summed E-state index contributed by atoms with van der Waals surface area (Å²) < 4.78 is 36.5. The van der Waals surface area contributed by atoms with Crippen LogP contribution in [0.1, 0.15) is 64.4 Å². The van der Waals surface area contributed by atoms with Crippen molar-refractivity contribution < 1.29 is 26.9 Å². The van der Waals surface area contributed by atoms with Crippen LogP contribution in [0.4, 0.5) is 4.79 Å². The number of benzene rings is 2. The Kier molecular flexibility index (Phi) is 8.72. The molecule has 9 heteroatoms. The molecule has 0 radical (unpaired) electrons. The van der Waals surface area contributed by atoms with Gasteiger partial charge in [-0.25, -0.2) is 9.59 Å². The molecule has 0 atom stereocenters. The van der Waals surface area contributed by atoms with E-state index in [-0.39, 0.29) is 34.8 Å². The number of hydrogen-bond acceptors (Lipinski definition) is 6. The second kappa shape index (κ2) is 10.9. The zero-order valence-electron chi connectivity index (χ0n) is 20.8. The molecule has 0 aliphatic rings. The summed E-state index contributed by atoms with van der Waals surface area (Å²) in [4.78, 5) is 26.5. The maximum atomic E-state index is 13.0. The SMILES string of the molecule is CC(C)OC(=O)c1ccccc1S(=O)(=O)Oc1cccc(CN(C(=O)NC(C)(C)C)C(C)C)c1. The van der Waals surface area contributed by atoms with Crippen molar-refractivity contribution in [1.29, 1.82) is 0 Å². The topological polar surface area (TPSA) is 102 Å². The third-order valence-corrected chi connectivity index (χ3v) is 5.85. The van der Waals surface area contributed by atoms with Gasteiger partial charge in [-0.2, -0.15) is 8.42 Å². The number of nitrogens with zero attached hydrogens (tertiary/aromatic N) is 1. The van der Waals surface area contributed by atoms with Gasteiger partial charge in [-0.1, -0.05) is 24.3 Å². The van der Waals surface area contributed by atoms with Crippen LogP contribution in [0.2, 0.25) is 0 Å². The summed E-state index contributed by atoms with van der Waals surface area (Å²) in [6, 6.07) is 11.9. The minimum Gasteiger partial charge on any atom is -0.459 e. The van der Waals surface area contributed by atoms with Gasteiger partial charge in [0.2, 0.25) is 0 Å². The van der Waals surface area contributed by atoms with Crippen molar-refractivity contribution in [3.8, 4) is 5.75 Å². The summed E-state index contributed by atoms with van der Waals surface area (Å²) >= 11 is 0. The van der Waals surface area contributed by atoms with Crippen LogP contribution in [0.15, 0.2) is 53.4 Å². The standard InChI is InChI=1S/C25H34N2O6S/c1-17(2)27(24(29)26-25(5,6)7)16-19-11-10-12-20(15-19)33-34(30,31)22-14-9-8-13-21(22)23(28)32-18(3)4/h8-15,17-18H,16H2,1-7H3,(H,26,29). The fourth-order valence-electron chi connectivity index (χ4n) is 3.08. The van der Waals surface area contributed by atoms with Crippen LogP contribution in [0.25, 0.3) is 0 Å². The normalized spacial score (nSPS) is 11.9. The Hall–Kier alpha value is -3.07. The Morgan fingerprint density at radius 1 is 1.00 bits per heavy atom. The van der Waals surface area contributed by atoms with Gasteiger partial charge in [0.25, 0.3) is 0 Å². The lowest BCUT2D eigenvalue weighted by Crippen LogP contribution is -2.50. The smallest absolute Gasteiger partial charge is 0.340 e. The van der Waals surface area contributed by atoms with Crippen molar-refractivity contribution in [2.24, 2.45) is 0 Å². The zero-order valence-corrected chi connectivity index (χ0v) is 21.6. The maximum absolute atomic E-state index is 13.0. The van der Waals surface area contributed by atoms with E-state index in [4.69, 9.17) is 8.92 Å². The number of urea groups is 1. The lowest BCUT2D eigenvalue weighted by molar-refractivity contribution is 0.0373. The summed E-state index contributed by atoms with van der Waals surface area (Å²) in [5.41, 5.74) is 0.197.